The molecule has 2 rings (SSSR count). The number of aromatic nitrogens is 1. The first-order valence-electron chi connectivity index (χ1n) is 8.76. The first-order valence-corrected chi connectivity index (χ1v) is 9.39. The number of hydrogen-bond donors (Lipinski definition) is 1. The largest absolute Gasteiger partial charge is 0.443 e. The van der Waals surface area contributed by atoms with Crippen LogP contribution in [-0.4, -0.2) is 28.1 Å². The lowest BCUT2D eigenvalue weighted by Crippen LogP contribution is -2.36. The van der Waals surface area contributed by atoms with Crippen LogP contribution in [0.25, 0.3) is 0 Å². The van der Waals surface area contributed by atoms with Crippen LogP contribution < -0.4 is 0 Å². The van der Waals surface area contributed by atoms with Crippen LogP contribution in [0, 0.1) is 5.92 Å². The van der Waals surface area contributed by atoms with Crippen molar-refractivity contribution < 1.29 is 9.21 Å². The minimum Gasteiger partial charge on any atom is -0.443 e. The number of thiol groups is 1. The monoisotopic (exact) mass is 338 g/mol. The Morgan fingerprint density at radius 3 is 2.83 bits per heavy atom. The van der Waals surface area contributed by atoms with Crippen molar-refractivity contribution in [3.05, 3.63) is 17.8 Å². The lowest BCUT2D eigenvalue weighted by atomic mass is 9.94. The summed E-state index contributed by atoms with van der Waals surface area (Å²) in [5.74, 6) is 2.40. The summed E-state index contributed by atoms with van der Waals surface area (Å²) in [6.07, 6.45) is 6.85. The van der Waals surface area contributed by atoms with Gasteiger partial charge in [0.05, 0.1) is 6.20 Å². The van der Waals surface area contributed by atoms with Gasteiger partial charge in [-0.15, -0.1) is 0 Å². The Bertz CT molecular complexity index is 521. The summed E-state index contributed by atoms with van der Waals surface area (Å²) in [4.78, 5) is 19.3. The molecule has 2 heterocycles. The molecule has 0 radical (unpaired) electrons. The van der Waals surface area contributed by atoms with E-state index in [0.717, 1.165) is 44.4 Å². The summed E-state index contributed by atoms with van der Waals surface area (Å²) in [7, 11) is 0. The molecule has 1 aromatic heterocycles. The van der Waals surface area contributed by atoms with Gasteiger partial charge in [0.25, 0.3) is 0 Å². The average Bonchev–Trinajstić information content (AvgIpc) is 3.15. The molecule has 1 unspecified atom stereocenters. The van der Waals surface area contributed by atoms with Crippen molar-refractivity contribution in [1.29, 1.82) is 0 Å². The van der Waals surface area contributed by atoms with E-state index in [1.54, 1.807) is 0 Å². The predicted molar refractivity (Wildman–Crippen MR) is 95.8 cm³/mol. The van der Waals surface area contributed by atoms with Gasteiger partial charge < -0.3 is 9.32 Å². The second kappa shape index (κ2) is 7.73. The van der Waals surface area contributed by atoms with Crippen LogP contribution in [0.1, 0.15) is 77.5 Å². The molecule has 1 fully saturated rings. The van der Waals surface area contributed by atoms with Crippen molar-refractivity contribution in [3.8, 4) is 0 Å². The molecule has 0 aliphatic carbocycles. The van der Waals surface area contributed by atoms with Crippen LogP contribution in [0.15, 0.2) is 10.6 Å². The van der Waals surface area contributed by atoms with Crippen LogP contribution in [0.4, 0.5) is 0 Å². The summed E-state index contributed by atoms with van der Waals surface area (Å²) in [5, 5.41) is 0. The second-order valence-electron chi connectivity index (χ2n) is 7.52. The van der Waals surface area contributed by atoms with E-state index in [9.17, 15) is 4.79 Å². The fourth-order valence-corrected chi connectivity index (χ4v) is 3.39. The van der Waals surface area contributed by atoms with Crippen LogP contribution in [0.3, 0.4) is 0 Å². The number of likely N-dealkylation sites (tertiary alicyclic amines) is 1. The fourth-order valence-electron chi connectivity index (χ4n) is 3.05. The summed E-state index contributed by atoms with van der Waals surface area (Å²) in [6.45, 7) is 9.27. The average molecular weight is 339 g/mol. The van der Waals surface area contributed by atoms with Crippen molar-refractivity contribution in [2.45, 2.75) is 71.3 Å². The van der Waals surface area contributed by atoms with E-state index < -0.39 is 0 Å². The Kier molecular flexibility index (Phi) is 6.18. The van der Waals surface area contributed by atoms with E-state index in [-0.39, 0.29) is 23.3 Å². The number of amides is 1. The van der Waals surface area contributed by atoms with Crippen molar-refractivity contribution in [3.63, 3.8) is 0 Å². The zero-order chi connectivity index (χ0) is 17.0. The quantitative estimate of drug-likeness (QED) is 0.783. The summed E-state index contributed by atoms with van der Waals surface area (Å²) < 4.78 is 5.98. The van der Waals surface area contributed by atoms with Gasteiger partial charge in [0.1, 0.15) is 11.8 Å². The van der Waals surface area contributed by atoms with E-state index in [4.69, 9.17) is 4.42 Å². The molecule has 130 valence electrons. The van der Waals surface area contributed by atoms with Crippen molar-refractivity contribution in [2.24, 2.45) is 5.92 Å². The molecule has 0 aromatic carbocycles. The molecule has 23 heavy (non-hydrogen) atoms. The lowest BCUT2D eigenvalue weighted by Gasteiger charge is -2.26. The van der Waals surface area contributed by atoms with Gasteiger partial charge in [-0.05, 0) is 19.3 Å². The predicted octanol–water partition coefficient (Wildman–Crippen LogP) is 4.37. The van der Waals surface area contributed by atoms with E-state index >= 15 is 0 Å². The van der Waals surface area contributed by atoms with Gasteiger partial charge in [0.2, 0.25) is 11.8 Å². The van der Waals surface area contributed by atoms with Gasteiger partial charge in [-0.25, -0.2) is 4.98 Å². The number of carbonyl (C=O) groups is 1. The molecule has 2 atom stereocenters. The number of carbonyl (C=O) groups excluding carboxylic acids is 1. The number of oxazole rings is 1. The zero-order valence-electron chi connectivity index (χ0n) is 14.8. The van der Waals surface area contributed by atoms with E-state index in [1.807, 2.05) is 11.1 Å². The molecule has 1 saturated heterocycles. The molecule has 1 aliphatic rings. The smallest absolute Gasteiger partial charge is 0.227 e. The van der Waals surface area contributed by atoms with Gasteiger partial charge in [0.15, 0.2) is 0 Å². The topological polar surface area (TPSA) is 46.3 Å². The van der Waals surface area contributed by atoms with Gasteiger partial charge in [-0.3, -0.25) is 4.79 Å². The standard InChI is InChI=1S/C18H30N2O2S/c1-5-6-8-13(12-23)17(21)20-10-7-9-14(20)16-19-11-15(22-16)18(2,3)4/h11,13-14,23H,5-10,12H2,1-4H3/t13?,14-/m0/s1. The Morgan fingerprint density at radius 1 is 1.52 bits per heavy atom. The molecule has 4 nitrogen and oxygen atoms in total. The third kappa shape index (κ3) is 4.31. The second-order valence-corrected chi connectivity index (χ2v) is 7.89. The van der Waals surface area contributed by atoms with E-state index in [0.29, 0.717) is 11.6 Å². The minimum absolute atomic E-state index is 0.0101. The highest BCUT2D eigenvalue weighted by Gasteiger charge is 2.36. The zero-order valence-corrected chi connectivity index (χ0v) is 15.7. The summed E-state index contributed by atoms with van der Waals surface area (Å²) >= 11 is 4.39. The molecular weight excluding hydrogens is 308 g/mol. The van der Waals surface area contributed by atoms with Crippen LogP contribution >= 0.6 is 12.6 Å². The third-order valence-electron chi connectivity index (χ3n) is 4.56. The van der Waals surface area contributed by atoms with Crippen molar-refractivity contribution >= 4 is 18.5 Å². The minimum atomic E-state index is -0.0621. The molecule has 1 aliphatic heterocycles. The molecule has 1 aromatic rings. The lowest BCUT2D eigenvalue weighted by molar-refractivity contribution is -0.136. The number of nitrogens with zero attached hydrogens (tertiary/aromatic N) is 2. The number of unbranched alkanes of at least 4 members (excludes halogenated alkanes) is 1. The van der Waals surface area contributed by atoms with Crippen LogP contribution in [0.5, 0.6) is 0 Å². The Balaban J connectivity index is 2.13. The van der Waals surface area contributed by atoms with Gasteiger partial charge in [-0.2, -0.15) is 12.6 Å². The van der Waals surface area contributed by atoms with Crippen LogP contribution in [0.2, 0.25) is 0 Å². The molecular formula is C18H30N2O2S. The summed E-state index contributed by atoms with van der Waals surface area (Å²) in [6, 6.07) is -0.0115. The molecule has 0 bridgehead atoms. The Labute approximate surface area is 145 Å². The Morgan fingerprint density at radius 2 is 2.26 bits per heavy atom. The molecule has 0 saturated carbocycles. The van der Waals surface area contributed by atoms with E-state index in [1.165, 1.54) is 0 Å². The number of hydrogen-bond acceptors (Lipinski definition) is 4. The molecule has 5 heteroatoms. The number of rotatable bonds is 6. The maximum Gasteiger partial charge on any atom is 0.227 e. The SMILES string of the molecule is CCCCC(CS)C(=O)N1CCC[C@H]1c1ncc(C(C)(C)C)o1. The molecule has 0 N–H and O–H groups in total. The first kappa shape index (κ1) is 18.4. The normalized spacial score (nSPS) is 20.0. The van der Waals surface area contributed by atoms with Crippen molar-refractivity contribution in [1.82, 2.24) is 9.88 Å². The third-order valence-corrected chi connectivity index (χ3v) is 5.00. The highest BCUT2D eigenvalue weighted by Crippen LogP contribution is 2.35. The van der Waals surface area contributed by atoms with Gasteiger partial charge >= 0.3 is 0 Å². The highest BCUT2D eigenvalue weighted by molar-refractivity contribution is 7.80. The van der Waals surface area contributed by atoms with Gasteiger partial charge in [0, 0.05) is 23.6 Å². The maximum atomic E-state index is 12.9. The fraction of sp³-hybridized carbons (Fsp3) is 0.778. The van der Waals surface area contributed by atoms with Gasteiger partial charge in [-0.1, -0.05) is 40.5 Å². The highest BCUT2D eigenvalue weighted by atomic mass is 32.1. The Hall–Kier alpha value is -0.970. The van der Waals surface area contributed by atoms with Crippen molar-refractivity contribution in [2.75, 3.05) is 12.3 Å². The molecule has 1 amide bonds. The summed E-state index contributed by atoms with van der Waals surface area (Å²) in [5.41, 5.74) is -0.0621. The molecule has 0 spiro atoms. The van der Waals surface area contributed by atoms with Crippen LogP contribution in [-0.2, 0) is 10.2 Å². The van der Waals surface area contributed by atoms with E-state index in [2.05, 4.69) is 45.3 Å². The first-order chi connectivity index (χ1) is 10.9. The maximum absolute atomic E-state index is 12.9.